The first-order valence-electron chi connectivity index (χ1n) is 5.97. The van der Waals surface area contributed by atoms with E-state index in [4.69, 9.17) is 0 Å². The molecule has 0 spiro atoms. The minimum absolute atomic E-state index is 0.653. The number of aromatic nitrogens is 2. The molecule has 0 bridgehead atoms. The molecule has 2 heterocycles. The summed E-state index contributed by atoms with van der Waals surface area (Å²) < 4.78 is 4.47. The van der Waals surface area contributed by atoms with Crippen molar-refractivity contribution in [2.75, 3.05) is 11.4 Å². The van der Waals surface area contributed by atoms with Gasteiger partial charge < -0.3 is 4.90 Å². The molecule has 90 valence electrons. The first kappa shape index (κ1) is 11.2. The fourth-order valence-corrected chi connectivity index (χ4v) is 3.30. The van der Waals surface area contributed by atoms with E-state index in [-0.39, 0.29) is 0 Å². The summed E-state index contributed by atoms with van der Waals surface area (Å²) in [6, 6.07) is 4.28. The van der Waals surface area contributed by atoms with Gasteiger partial charge in [-0.15, -0.1) is 11.3 Å². The maximum absolute atomic E-state index is 4.66. The van der Waals surface area contributed by atoms with E-state index in [0.717, 1.165) is 24.0 Å². The summed E-state index contributed by atoms with van der Waals surface area (Å²) in [5.74, 6) is 1.72. The molecule has 2 aromatic heterocycles. The number of hydrogen-bond acceptors (Lipinski definition) is 5. The highest BCUT2D eigenvalue weighted by atomic mass is 32.1. The van der Waals surface area contributed by atoms with Crippen LogP contribution in [-0.2, 0) is 6.54 Å². The van der Waals surface area contributed by atoms with Crippen molar-refractivity contribution in [3.8, 4) is 0 Å². The normalized spacial score (nSPS) is 15.1. The average molecular weight is 265 g/mol. The monoisotopic (exact) mass is 265 g/mol. The molecule has 3 nitrogen and oxygen atoms in total. The van der Waals surface area contributed by atoms with Crippen LogP contribution >= 0.6 is 22.9 Å². The average Bonchev–Trinajstić information content (AvgIpc) is 2.89. The number of nitrogens with zero attached hydrogens (tertiary/aromatic N) is 3. The molecule has 1 aliphatic rings. The minimum Gasteiger partial charge on any atom is -0.342 e. The third-order valence-corrected chi connectivity index (χ3v) is 4.60. The van der Waals surface area contributed by atoms with Crippen LogP contribution in [-0.4, -0.2) is 15.9 Å². The SMILES string of the molecule is CCN(Cc1cccs1)c1nc(C2CC2)ns1. The second-order valence-electron chi connectivity index (χ2n) is 4.30. The topological polar surface area (TPSA) is 29.0 Å². The fraction of sp³-hybridized carbons (Fsp3) is 0.500. The van der Waals surface area contributed by atoms with Crippen molar-refractivity contribution in [1.82, 2.24) is 9.36 Å². The lowest BCUT2D eigenvalue weighted by molar-refractivity contribution is 0.828. The second kappa shape index (κ2) is 4.74. The molecule has 1 fully saturated rings. The van der Waals surface area contributed by atoms with Crippen LogP contribution in [0.1, 0.15) is 36.4 Å². The highest BCUT2D eigenvalue weighted by molar-refractivity contribution is 7.10. The van der Waals surface area contributed by atoms with Crippen molar-refractivity contribution in [2.45, 2.75) is 32.2 Å². The first-order valence-corrected chi connectivity index (χ1v) is 7.63. The Morgan fingerprint density at radius 3 is 3.00 bits per heavy atom. The zero-order chi connectivity index (χ0) is 11.7. The molecular weight excluding hydrogens is 250 g/mol. The van der Waals surface area contributed by atoms with Gasteiger partial charge in [0.05, 0.1) is 6.54 Å². The van der Waals surface area contributed by atoms with Crippen LogP contribution in [0.3, 0.4) is 0 Å². The van der Waals surface area contributed by atoms with Gasteiger partial charge in [-0.3, -0.25) is 0 Å². The van der Waals surface area contributed by atoms with Crippen LogP contribution in [0.15, 0.2) is 17.5 Å². The number of hydrogen-bond donors (Lipinski definition) is 0. The zero-order valence-corrected chi connectivity index (χ0v) is 11.4. The summed E-state index contributed by atoms with van der Waals surface area (Å²) in [6.07, 6.45) is 2.54. The lowest BCUT2D eigenvalue weighted by Crippen LogP contribution is -2.21. The van der Waals surface area contributed by atoms with E-state index < -0.39 is 0 Å². The number of thiophene rings is 1. The molecule has 0 aliphatic heterocycles. The van der Waals surface area contributed by atoms with Gasteiger partial charge in [-0.1, -0.05) is 6.07 Å². The van der Waals surface area contributed by atoms with Crippen LogP contribution in [0.4, 0.5) is 5.13 Å². The molecular formula is C12H15N3S2. The molecule has 0 aromatic carbocycles. The quantitative estimate of drug-likeness (QED) is 0.828. The van der Waals surface area contributed by atoms with E-state index in [1.165, 1.54) is 17.7 Å². The summed E-state index contributed by atoms with van der Waals surface area (Å²) in [4.78, 5) is 8.35. The number of anilines is 1. The van der Waals surface area contributed by atoms with Crippen molar-refractivity contribution in [3.63, 3.8) is 0 Å². The summed E-state index contributed by atoms with van der Waals surface area (Å²) in [6.45, 7) is 4.11. The van der Waals surface area contributed by atoms with Crippen LogP contribution in [0, 0.1) is 0 Å². The summed E-state index contributed by atoms with van der Waals surface area (Å²) >= 11 is 3.34. The van der Waals surface area contributed by atoms with Crippen molar-refractivity contribution >= 4 is 28.0 Å². The third kappa shape index (κ3) is 2.50. The lowest BCUT2D eigenvalue weighted by Gasteiger charge is -2.17. The van der Waals surface area contributed by atoms with Gasteiger partial charge in [0.2, 0.25) is 5.13 Å². The van der Waals surface area contributed by atoms with Gasteiger partial charge >= 0.3 is 0 Å². The molecule has 17 heavy (non-hydrogen) atoms. The Morgan fingerprint density at radius 2 is 2.35 bits per heavy atom. The minimum atomic E-state index is 0.653. The first-order chi connectivity index (χ1) is 8.36. The Labute approximate surface area is 109 Å². The molecule has 0 radical (unpaired) electrons. The van der Waals surface area contributed by atoms with Gasteiger partial charge in [0.25, 0.3) is 0 Å². The molecule has 0 amide bonds. The smallest absolute Gasteiger partial charge is 0.205 e. The van der Waals surface area contributed by atoms with Gasteiger partial charge in [0, 0.05) is 28.9 Å². The molecule has 5 heteroatoms. The van der Waals surface area contributed by atoms with Crippen molar-refractivity contribution in [3.05, 3.63) is 28.2 Å². The Hall–Kier alpha value is -0.940. The maximum Gasteiger partial charge on any atom is 0.205 e. The van der Waals surface area contributed by atoms with Crippen molar-refractivity contribution < 1.29 is 0 Å². The van der Waals surface area contributed by atoms with Crippen LogP contribution in [0.2, 0.25) is 0 Å². The predicted molar refractivity (Wildman–Crippen MR) is 72.9 cm³/mol. The van der Waals surface area contributed by atoms with E-state index in [0.29, 0.717) is 5.92 Å². The van der Waals surface area contributed by atoms with Gasteiger partial charge in [-0.2, -0.15) is 4.37 Å². The van der Waals surface area contributed by atoms with Gasteiger partial charge in [0.1, 0.15) is 5.82 Å². The Kier molecular flexibility index (Phi) is 3.11. The van der Waals surface area contributed by atoms with E-state index in [1.54, 1.807) is 22.9 Å². The van der Waals surface area contributed by atoms with Crippen LogP contribution < -0.4 is 4.90 Å². The van der Waals surface area contributed by atoms with Crippen molar-refractivity contribution in [1.29, 1.82) is 0 Å². The molecule has 0 N–H and O–H groups in total. The highest BCUT2D eigenvalue weighted by Gasteiger charge is 2.28. The molecule has 2 aromatic rings. The molecule has 3 rings (SSSR count). The van der Waals surface area contributed by atoms with E-state index >= 15 is 0 Å². The van der Waals surface area contributed by atoms with Crippen LogP contribution in [0.5, 0.6) is 0 Å². The standard InChI is InChI=1S/C12H15N3S2/c1-2-15(8-10-4-3-7-16-10)12-13-11(14-17-12)9-5-6-9/h3-4,7,9H,2,5-6,8H2,1H3. The molecule has 0 saturated heterocycles. The summed E-state index contributed by atoms with van der Waals surface area (Å²) in [5, 5.41) is 3.20. The number of rotatable bonds is 5. The zero-order valence-electron chi connectivity index (χ0n) is 9.80. The van der Waals surface area contributed by atoms with Gasteiger partial charge in [-0.25, -0.2) is 4.98 Å². The molecule has 0 unspecified atom stereocenters. The van der Waals surface area contributed by atoms with Crippen molar-refractivity contribution in [2.24, 2.45) is 0 Å². The van der Waals surface area contributed by atoms with Crippen LogP contribution in [0.25, 0.3) is 0 Å². The Bertz CT molecular complexity index is 474. The van der Waals surface area contributed by atoms with E-state index in [9.17, 15) is 0 Å². The largest absolute Gasteiger partial charge is 0.342 e. The Morgan fingerprint density at radius 1 is 1.47 bits per heavy atom. The highest BCUT2D eigenvalue weighted by Crippen LogP contribution is 2.39. The Balaban J connectivity index is 1.74. The maximum atomic E-state index is 4.66. The van der Waals surface area contributed by atoms with E-state index in [1.807, 2.05) is 0 Å². The molecule has 1 aliphatic carbocycles. The van der Waals surface area contributed by atoms with Gasteiger partial charge in [-0.05, 0) is 31.2 Å². The molecule has 0 atom stereocenters. The summed E-state index contributed by atoms with van der Waals surface area (Å²) in [5.41, 5.74) is 0. The fourth-order valence-electron chi connectivity index (χ4n) is 1.77. The molecule has 1 saturated carbocycles. The second-order valence-corrected chi connectivity index (χ2v) is 6.07. The van der Waals surface area contributed by atoms with Gasteiger partial charge in [0.15, 0.2) is 0 Å². The predicted octanol–water partition coefficient (Wildman–Crippen LogP) is 3.50. The lowest BCUT2D eigenvalue weighted by atomic mass is 10.4. The third-order valence-electron chi connectivity index (χ3n) is 2.95. The summed E-state index contributed by atoms with van der Waals surface area (Å²) in [7, 11) is 0. The van der Waals surface area contributed by atoms with E-state index in [2.05, 4.69) is 38.7 Å².